The highest BCUT2D eigenvalue weighted by molar-refractivity contribution is 9.10. The number of halogens is 1. The van der Waals surface area contributed by atoms with Gasteiger partial charge < -0.3 is 14.2 Å². The molecule has 0 aliphatic carbocycles. The van der Waals surface area contributed by atoms with E-state index in [0.29, 0.717) is 23.9 Å². The number of hydrogen-bond acceptors (Lipinski definition) is 5. The summed E-state index contributed by atoms with van der Waals surface area (Å²) in [7, 11) is 1.59. The second-order valence-electron chi connectivity index (χ2n) is 6.48. The molecule has 2 rings (SSSR count). The molecule has 7 heteroatoms. The zero-order chi connectivity index (χ0) is 21.1. The molecule has 0 unspecified atom stereocenters. The third-order valence-corrected chi connectivity index (χ3v) is 4.66. The summed E-state index contributed by atoms with van der Waals surface area (Å²) >= 11 is 3.41. The molecule has 1 amide bonds. The number of carbonyl (C=O) groups excluding carboxylic acids is 1. The summed E-state index contributed by atoms with van der Waals surface area (Å²) < 4.78 is 17.4. The Kier molecular flexibility index (Phi) is 9.50. The molecule has 0 aliphatic heterocycles. The summed E-state index contributed by atoms with van der Waals surface area (Å²) in [5.74, 6) is 1.58. The van der Waals surface area contributed by atoms with Crippen molar-refractivity contribution < 1.29 is 19.0 Å². The molecule has 156 valence electrons. The van der Waals surface area contributed by atoms with Crippen LogP contribution in [0.1, 0.15) is 37.3 Å². The summed E-state index contributed by atoms with van der Waals surface area (Å²) in [6, 6.07) is 11.2. The van der Waals surface area contributed by atoms with Gasteiger partial charge in [-0.25, -0.2) is 5.43 Å². The van der Waals surface area contributed by atoms with E-state index in [1.165, 1.54) is 0 Å². The molecule has 2 aromatic rings. The van der Waals surface area contributed by atoms with E-state index in [2.05, 4.69) is 33.4 Å². The fourth-order valence-corrected chi connectivity index (χ4v) is 3.10. The molecule has 0 fully saturated rings. The van der Waals surface area contributed by atoms with Crippen LogP contribution in [-0.4, -0.2) is 32.4 Å². The minimum Gasteiger partial charge on any atom is -0.493 e. The van der Waals surface area contributed by atoms with Gasteiger partial charge >= 0.3 is 0 Å². The number of carbonyl (C=O) groups is 1. The predicted molar refractivity (Wildman–Crippen MR) is 118 cm³/mol. The summed E-state index contributed by atoms with van der Waals surface area (Å²) in [5, 5.41) is 3.97. The van der Waals surface area contributed by atoms with Crippen molar-refractivity contribution in [2.75, 3.05) is 20.3 Å². The summed E-state index contributed by atoms with van der Waals surface area (Å²) in [6.45, 7) is 4.66. The molecule has 0 atom stereocenters. The average molecular weight is 463 g/mol. The van der Waals surface area contributed by atoms with Crippen LogP contribution in [0.5, 0.6) is 17.2 Å². The number of hydrazone groups is 1. The molecule has 29 heavy (non-hydrogen) atoms. The number of ether oxygens (including phenoxy) is 3. The quantitative estimate of drug-likeness (QED) is 0.294. The lowest BCUT2D eigenvalue weighted by Crippen LogP contribution is -2.24. The first-order valence-corrected chi connectivity index (χ1v) is 10.3. The van der Waals surface area contributed by atoms with Crippen LogP contribution in [0.25, 0.3) is 0 Å². The lowest BCUT2D eigenvalue weighted by atomic mass is 10.2. The highest BCUT2D eigenvalue weighted by Crippen LogP contribution is 2.28. The van der Waals surface area contributed by atoms with Crippen LogP contribution in [0.2, 0.25) is 0 Å². The van der Waals surface area contributed by atoms with Gasteiger partial charge in [-0.2, -0.15) is 5.10 Å². The number of nitrogens with zero attached hydrogens (tertiary/aromatic N) is 1. The van der Waals surface area contributed by atoms with E-state index >= 15 is 0 Å². The number of nitrogens with one attached hydrogen (secondary N) is 1. The number of aryl methyl sites for hydroxylation is 1. The van der Waals surface area contributed by atoms with Gasteiger partial charge in [0.05, 0.1) is 24.4 Å². The maximum absolute atomic E-state index is 11.9. The molecule has 0 aromatic heterocycles. The van der Waals surface area contributed by atoms with Gasteiger partial charge in [0.2, 0.25) is 0 Å². The third-order valence-electron chi connectivity index (χ3n) is 4.04. The molecule has 0 heterocycles. The van der Waals surface area contributed by atoms with Crippen molar-refractivity contribution in [2.24, 2.45) is 5.10 Å². The topological polar surface area (TPSA) is 69.2 Å². The van der Waals surface area contributed by atoms with E-state index in [1.54, 1.807) is 13.3 Å². The first-order chi connectivity index (χ1) is 14.0. The first-order valence-electron chi connectivity index (χ1n) is 9.55. The van der Waals surface area contributed by atoms with E-state index in [4.69, 9.17) is 14.2 Å². The number of amides is 1. The van der Waals surface area contributed by atoms with Gasteiger partial charge in [0.25, 0.3) is 5.91 Å². The monoisotopic (exact) mass is 462 g/mol. The van der Waals surface area contributed by atoms with Gasteiger partial charge in [-0.05, 0) is 70.7 Å². The Morgan fingerprint density at radius 2 is 1.90 bits per heavy atom. The Hall–Kier alpha value is -2.54. The fraction of sp³-hybridized carbons (Fsp3) is 0.364. The smallest absolute Gasteiger partial charge is 0.277 e. The summed E-state index contributed by atoms with van der Waals surface area (Å²) in [5.41, 5.74) is 4.34. The van der Waals surface area contributed by atoms with Crippen molar-refractivity contribution in [2.45, 2.75) is 33.1 Å². The minimum atomic E-state index is -0.350. The van der Waals surface area contributed by atoms with Crippen molar-refractivity contribution >= 4 is 28.1 Å². The molecule has 2 aromatic carbocycles. The molecule has 0 aliphatic rings. The van der Waals surface area contributed by atoms with Crippen LogP contribution in [0.4, 0.5) is 0 Å². The van der Waals surface area contributed by atoms with Crippen LogP contribution < -0.4 is 19.6 Å². The van der Waals surface area contributed by atoms with Crippen molar-refractivity contribution in [3.8, 4) is 17.2 Å². The standard InChI is InChI=1S/C22H27BrN2O4/c1-4-5-6-11-28-20-10-8-17(13-21(20)27-3)14-24-25-22(26)15-29-19-9-7-16(2)12-18(19)23/h7-10,12-14H,4-6,11,15H2,1-3H3,(H,25,26)/b24-14+. The normalized spacial score (nSPS) is 10.8. The molecule has 0 bridgehead atoms. The van der Waals surface area contributed by atoms with Gasteiger partial charge in [0.1, 0.15) is 5.75 Å². The molecule has 0 saturated heterocycles. The number of hydrogen-bond donors (Lipinski definition) is 1. The van der Waals surface area contributed by atoms with Crippen molar-refractivity contribution in [1.29, 1.82) is 0 Å². The van der Waals surface area contributed by atoms with Crippen LogP contribution in [0.15, 0.2) is 46.0 Å². The van der Waals surface area contributed by atoms with Gasteiger partial charge in [-0.1, -0.05) is 25.8 Å². The third kappa shape index (κ3) is 7.77. The Labute approximate surface area is 180 Å². The highest BCUT2D eigenvalue weighted by atomic mass is 79.9. The lowest BCUT2D eigenvalue weighted by molar-refractivity contribution is -0.123. The van der Waals surface area contributed by atoms with E-state index in [9.17, 15) is 4.79 Å². The number of rotatable bonds is 11. The maximum atomic E-state index is 11.9. The van der Waals surface area contributed by atoms with Crippen LogP contribution in [0.3, 0.4) is 0 Å². The molecular weight excluding hydrogens is 436 g/mol. The van der Waals surface area contributed by atoms with Crippen molar-refractivity contribution in [3.05, 3.63) is 52.0 Å². The first kappa shape index (κ1) is 22.7. The summed E-state index contributed by atoms with van der Waals surface area (Å²) in [4.78, 5) is 11.9. The summed E-state index contributed by atoms with van der Waals surface area (Å²) in [6.07, 6.45) is 4.84. The van der Waals surface area contributed by atoms with Crippen LogP contribution >= 0.6 is 15.9 Å². The van der Waals surface area contributed by atoms with Crippen LogP contribution in [0, 0.1) is 6.92 Å². The Morgan fingerprint density at radius 3 is 2.62 bits per heavy atom. The molecule has 0 spiro atoms. The van der Waals surface area contributed by atoms with Crippen molar-refractivity contribution in [3.63, 3.8) is 0 Å². The van der Waals surface area contributed by atoms with E-state index in [-0.39, 0.29) is 12.5 Å². The SMILES string of the molecule is CCCCCOc1ccc(/C=N/NC(=O)COc2ccc(C)cc2Br)cc1OC. The number of benzene rings is 2. The zero-order valence-corrected chi connectivity index (χ0v) is 18.6. The molecule has 0 radical (unpaired) electrons. The van der Waals surface area contributed by atoms with Gasteiger partial charge in [-0.15, -0.1) is 0 Å². The van der Waals surface area contributed by atoms with E-state index in [1.807, 2.05) is 43.3 Å². The Bertz CT molecular complexity index is 840. The molecular formula is C22H27BrN2O4. The van der Waals surface area contributed by atoms with Crippen molar-refractivity contribution in [1.82, 2.24) is 5.43 Å². The second-order valence-corrected chi connectivity index (χ2v) is 7.34. The predicted octanol–water partition coefficient (Wildman–Crippen LogP) is 4.86. The van der Waals surface area contributed by atoms with E-state index in [0.717, 1.165) is 34.9 Å². The molecule has 0 saturated carbocycles. The zero-order valence-electron chi connectivity index (χ0n) is 17.0. The van der Waals surface area contributed by atoms with Crippen LogP contribution in [-0.2, 0) is 4.79 Å². The van der Waals surface area contributed by atoms with E-state index < -0.39 is 0 Å². The van der Waals surface area contributed by atoms with Gasteiger partial charge in [0.15, 0.2) is 18.1 Å². The minimum absolute atomic E-state index is 0.132. The number of methoxy groups -OCH3 is 1. The largest absolute Gasteiger partial charge is 0.493 e. The Balaban J connectivity index is 1.84. The second kappa shape index (κ2) is 12.1. The molecule has 1 N–H and O–H groups in total. The average Bonchev–Trinajstić information content (AvgIpc) is 2.71. The van der Waals surface area contributed by atoms with Gasteiger partial charge in [0, 0.05) is 0 Å². The maximum Gasteiger partial charge on any atom is 0.277 e. The Morgan fingerprint density at radius 1 is 1.10 bits per heavy atom. The molecule has 6 nitrogen and oxygen atoms in total. The lowest BCUT2D eigenvalue weighted by Gasteiger charge is -2.11. The van der Waals surface area contributed by atoms with Gasteiger partial charge in [-0.3, -0.25) is 4.79 Å². The number of unbranched alkanes of at least 4 members (excludes halogenated alkanes) is 2. The fourth-order valence-electron chi connectivity index (χ4n) is 2.50. The highest BCUT2D eigenvalue weighted by Gasteiger charge is 2.07.